The maximum absolute atomic E-state index is 12.2. The molecule has 3 unspecified atom stereocenters. The Bertz CT molecular complexity index is 2460. The molecule has 18 heteroatoms. The van der Waals surface area contributed by atoms with Crippen LogP contribution in [-0.4, -0.2) is 81.2 Å². The molecule has 6 aromatic rings. The number of piperidine rings is 1. The van der Waals surface area contributed by atoms with Crippen LogP contribution in [0.4, 0.5) is 11.9 Å². The van der Waals surface area contributed by atoms with Gasteiger partial charge in [0.15, 0.2) is 11.3 Å². The van der Waals surface area contributed by atoms with Gasteiger partial charge < -0.3 is 48.0 Å². The van der Waals surface area contributed by atoms with Crippen LogP contribution in [-0.2, 0) is 29.4 Å². The van der Waals surface area contributed by atoms with Crippen molar-refractivity contribution in [2.45, 2.75) is 153 Å². The second-order valence-electron chi connectivity index (χ2n) is 17.1. The minimum atomic E-state index is -1.08. The molecule has 1 saturated carbocycles. The van der Waals surface area contributed by atoms with Crippen molar-refractivity contribution < 1.29 is 32.2 Å². The van der Waals surface area contributed by atoms with Gasteiger partial charge in [0.25, 0.3) is 0 Å². The van der Waals surface area contributed by atoms with E-state index in [0.29, 0.717) is 29.8 Å². The molecule has 365 valence electrons. The minimum absolute atomic E-state index is 0. The molecule has 67 heavy (non-hydrogen) atoms. The summed E-state index contributed by atoms with van der Waals surface area (Å²) in [5, 5.41) is 19.5. The molecule has 0 spiro atoms. The van der Waals surface area contributed by atoms with Gasteiger partial charge in [-0.2, -0.15) is 45.6 Å². The molecule has 4 aromatic heterocycles. The van der Waals surface area contributed by atoms with Crippen LogP contribution in [0, 0.1) is 4.43 Å². The van der Waals surface area contributed by atoms with Crippen LogP contribution in [0.3, 0.4) is 0 Å². The maximum atomic E-state index is 12.2. The van der Waals surface area contributed by atoms with Crippen LogP contribution in [0.25, 0.3) is 11.3 Å². The Hall–Kier alpha value is -3.49. The normalized spacial score (nSPS) is 16.4. The summed E-state index contributed by atoms with van der Waals surface area (Å²) < 4.78 is 30.2. The first-order valence-electron chi connectivity index (χ1n) is 23.0. The number of nitrogens with one attached hydrogen (secondary N) is 3. The summed E-state index contributed by atoms with van der Waals surface area (Å²) in [6.45, 7) is 16.7. The molecule has 4 atom stereocenters. The Balaban J connectivity index is 0.000000264. The summed E-state index contributed by atoms with van der Waals surface area (Å²) >= 11 is 3.98. The predicted octanol–water partition coefficient (Wildman–Crippen LogP) is 11.8. The van der Waals surface area contributed by atoms with Crippen LogP contribution in [0.15, 0.2) is 70.7 Å². The van der Waals surface area contributed by atoms with Gasteiger partial charge in [0, 0.05) is 52.3 Å². The molecule has 0 bridgehead atoms. The van der Waals surface area contributed by atoms with Crippen molar-refractivity contribution in [3.05, 3.63) is 87.6 Å². The fourth-order valence-electron chi connectivity index (χ4n) is 7.93. The molecular formula is C49H71IN11O3S2V-. The SMILES string of the molecule is C.CC(C)c1cnn2c(NC(C)c3ccccc3S(C)=O)nc(O[C@@H]3CCCNC3)nc12.CC[CH-]I.CSc1ccccc1C(C)Nc1nc(OC2CCCCC2)nc2c(C(C)C)cnn12.[V]. The van der Waals surface area contributed by atoms with Crippen molar-refractivity contribution in [2.75, 3.05) is 36.2 Å². The Morgan fingerprint density at radius 3 is 1.75 bits per heavy atom. The van der Waals surface area contributed by atoms with E-state index in [9.17, 15) is 4.21 Å². The number of nitrogens with zero attached hydrogens (tertiary/aromatic N) is 8. The van der Waals surface area contributed by atoms with E-state index in [4.69, 9.17) is 19.4 Å². The van der Waals surface area contributed by atoms with E-state index >= 15 is 0 Å². The van der Waals surface area contributed by atoms with Crippen molar-refractivity contribution in [3.8, 4) is 12.0 Å². The number of ether oxygens (including phenoxy) is 2. The number of aromatic nitrogens is 8. The smallest absolute Gasteiger partial charge is 0.322 e. The first-order valence-corrected chi connectivity index (χ1v) is 27.0. The number of fused-ring (bicyclic) bond motifs is 2. The Morgan fingerprint density at radius 2 is 1.25 bits per heavy atom. The number of hydrogen-bond donors (Lipinski definition) is 3. The fourth-order valence-corrected chi connectivity index (χ4v) is 9.47. The first-order chi connectivity index (χ1) is 31.4. The zero-order valence-electron chi connectivity index (χ0n) is 39.8. The van der Waals surface area contributed by atoms with Crippen molar-refractivity contribution in [3.63, 3.8) is 0 Å². The number of benzene rings is 2. The molecule has 8 rings (SSSR count). The van der Waals surface area contributed by atoms with Crippen molar-refractivity contribution in [1.29, 1.82) is 0 Å². The van der Waals surface area contributed by atoms with Crippen molar-refractivity contribution >= 4 is 68.3 Å². The summed E-state index contributed by atoms with van der Waals surface area (Å²) in [4.78, 5) is 20.9. The maximum Gasteiger partial charge on any atom is 0.322 e. The molecule has 14 nitrogen and oxygen atoms in total. The van der Waals surface area contributed by atoms with E-state index in [2.05, 4.69) is 135 Å². The zero-order chi connectivity index (χ0) is 46.5. The van der Waals surface area contributed by atoms with Crippen molar-refractivity contribution in [2.24, 2.45) is 0 Å². The molecule has 0 amide bonds. The third kappa shape index (κ3) is 15.0. The molecule has 2 aromatic carbocycles. The average Bonchev–Trinajstić information content (AvgIpc) is 3.96. The van der Waals surface area contributed by atoms with E-state index in [1.165, 1.54) is 36.1 Å². The topological polar surface area (TPSA) is 158 Å². The number of rotatable bonds is 15. The van der Waals surface area contributed by atoms with E-state index in [1.807, 2.05) is 43.6 Å². The summed E-state index contributed by atoms with van der Waals surface area (Å²) in [6.07, 6.45) is 16.9. The van der Waals surface area contributed by atoms with Gasteiger partial charge in [-0.3, -0.25) is 8.64 Å². The molecule has 2 aliphatic rings. The van der Waals surface area contributed by atoms with Gasteiger partial charge in [-0.15, -0.1) is 11.8 Å². The van der Waals surface area contributed by atoms with Gasteiger partial charge in [0.05, 0.1) is 35.3 Å². The minimum Gasteiger partial charge on any atom is -0.460 e. The number of halogens is 1. The standard InChI is InChI=1S/C23H31N5OS.C22H30N6O2S.C3H6I.CH4.V/c1-15(2)19-14-24-28-21(19)26-23(29-17-10-6-5-7-11-17)27-22(28)25-16(3)18-12-8-9-13-20(18)30-4;1-14(2)18-13-24-28-20(18)26-22(30-16-8-7-11-23-12-16)27-21(28)25-15(3)17-9-5-6-10-19(17)31(4)29;1-2-3-4;;/h8-9,12-17H,5-7,10-11H2,1-4H3,(H,25,26,27);5-6,9-10,13-16,23H,7-8,11-12H2,1-4H3,(H,25,26,27);3H,2H2,1H3;1H4;/q;;-1;;/t;15?,16-,31?;;;/m.1.../s1. The molecule has 1 aliphatic heterocycles. The summed E-state index contributed by atoms with van der Waals surface area (Å²) in [6, 6.07) is 16.9. The summed E-state index contributed by atoms with van der Waals surface area (Å²) in [5.41, 5.74) is 5.91. The van der Waals surface area contributed by atoms with Crippen LogP contribution in [0.5, 0.6) is 12.0 Å². The van der Waals surface area contributed by atoms with Gasteiger partial charge in [0.1, 0.15) is 12.2 Å². The fraction of sp³-hybridized carbons (Fsp3) is 0.531. The van der Waals surface area contributed by atoms with Gasteiger partial charge in [0.2, 0.25) is 11.9 Å². The second kappa shape index (κ2) is 27.6. The molecule has 1 aliphatic carbocycles. The number of hydrogen-bond acceptors (Lipinski definition) is 13. The molecule has 1 radical (unpaired) electrons. The van der Waals surface area contributed by atoms with E-state index in [1.54, 1.807) is 27.0 Å². The molecule has 3 N–H and O–H groups in total. The van der Waals surface area contributed by atoms with Gasteiger partial charge in [-0.25, -0.2) is 0 Å². The second-order valence-corrected chi connectivity index (χ2v) is 20.2. The first kappa shape index (κ1) is 56.1. The van der Waals surface area contributed by atoms with Crippen LogP contribution < -0.4 is 25.4 Å². The quantitative estimate of drug-likeness (QED) is 0.0507. The summed E-state index contributed by atoms with van der Waals surface area (Å²) in [7, 11) is -1.08. The Labute approximate surface area is 431 Å². The Morgan fingerprint density at radius 1 is 0.761 bits per heavy atom. The van der Waals surface area contributed by atoms with E-state index < -0.39 is 10.8 Å². The van der Waals surface area contributed by atoms with E-state index in [0.717, 1.165) is 71.7 Å². The molecular weight excluding hydrogens is 1030 g/mol. The van der Waals surface area contributed by atoms with Crippen LogP contribution >= 0.6 is 34.4 Å². The average molecular weight is 1100 g/mol. The van der Waals surface area contributed by atoms with Gasteiger partial charge >= 0.3 is 12.0 Å². The molecule has 1 saturated heterocycles. The number of thioether (sulfide) groups is 1. The van der Waals surface area contributed by atoms with Crippen LogP contribution in [0.1, 0.15) is 153 Å². The third-order valence-electron chi connectivity index (χ3n) is 11.5. The van der Waals surface area contributed by atoms with Crippen molar-refractivity contribution in [1.82, 2.24) is 44.5 Å². The van der Waals surface area contributed by atoms with Gasteiger partial charge in [-0.1, -0.05) is 84.9 Å². The molecule has 2 fully saturated rings. The molecule has 5 heterocycles. The monoisotopic (exact) mass is 1100 g/mol. The van der Waals surface area contributed by atoms with E-state index in [-0.39, 0.29) is 56.2 Å². The Kier molecular flexibility index (Phi) is 23.1. The zero-order valence-corrected chi connectivity index (χ0v) is 45.0. The van der Waals surface area contributed by atoms with Crippen LogP contribution in [0.2, 0.25) is 0 Å². The number of anilines is 2. The largest absolute Gasteiger partial charge is 0.460 e. The van der Waals surface area contributed by atoms with Gasteiger partial charge in [-0.05, 0) is 100 Å². The summed E-state index contributed by atoms with van der Waals surface area (Å²) in [5.74, 6) is 1.81. The predicted molar refractivity (Wildman–Crippen MR) is 280 cm³/mol. The third-order valence-corrected chi connectivity index (χ3v) is 14.2.